The maximum absolute atomic E-state index is 13.4. The number of amides is 2. The molecule has 0 bridgehead atoms. The van der Waals surface area contributed by atoms with E-state index in [0.29, 0.717) is 6.54 Å². The van der Waals surface area contributed by atoms with Crippen LogP contribution in [0.4, 0.5) is 4.39 Å². The normalized spacial score (nSPS) is 18.6. The molecule has 7 heteroatoms. The first-order valence-corrected chi connectivity index (χ1v) is 10.4. The molecule has 1 aliphatic carbocycles. The number of carbonyl (C=O) groups excluding carboxylic acids is 2. The van der Waals surface area contributed by atoms with Crippen LogP contribution in [0.15, 0.2) is 35.7 Å². The third kappa shape index (κ3) is 3.82. The molecule has 0 spiro atoms. The van der Waals surface area contributed by atoms with E-state index in [2.05, 4.69) is 0 Å². The fourth-order valence-electron chi connectivity index (χ4n) is 3.84. The zero-order valence-electron chi connectivity index (χ0n) is 15.8. The van der Waals surface area contributed by atoms with E-state index in [4.69, 9.17) is 4.74 Å². The van der Waals surface area contributed by atoms with E-state index in [1.165, 1.54) is 24.1 Å². The summed E-state index contributed by atoms with van der Waals surface area (Å²) in [6.07, 6.45) is 2.66. The maximum Gasteiger partial charge on any atom is 0.249 e. The molecule has 4 rings (SSSR count). The van der Waals surface area contributed by atoms with Crippen molar-refractivity contribution in [1.82, 2.24) is 9.80 Å². The lowest BCUT2D eigenvalue weighted by atomic mass is 9.93. The molecule has 2 heterocycles. The summed E-state index contributed by atoms with van der Waals surface area (Å²) in [6.45, 7) is 0.634. The van der Waals surface area contributed by atoms with E-state index >= 15 is 0 Å². The Hall–Kier alpha value is -2.25. The van der Waals surface area contributed by atoms with Gasteiger partial charge in [0, 0.05) is 24.6 Å². The summed E-state index contributed by atoms with van der Waals surface area (Å²) in [5.74, 6) is -0.527. The molecular formula is C21H23FN2O3S. The maximum atomic E-state index is 13.4. The van der Waals surface area contributed by atoms with Gasteiger partial charge in [-0.1, -0.05) is 12.1 Å². The Bertz CT molecular complexity index is 863. The van der Waals surface area contributed by atoms with Gasteiger partial charge >= 0.3 is 0 Å². The van der Waals surface area contributed by atoms with Gasteiger partial charge in [-0.25, -0.2) is 4.39 Å². The monoisotopic (exact) mass is 402 g/mol. The van der Waals surface area contributed by atoms with Gasteiger partial charge < -0.3 is 14.5 Å². The highest BCUT2D eigenvalue weighted by atomic mass is 32.1. The molecule has 2 aliphatic rings. The Morgan fingerprint density at radius 3 is 2.68 bits per heavy atom. The minimum absolute atomic E-state index is 0.0140. The molecule has 0 N–H and O–H groups in total. The topological polar surface area (TPSA) is 49.9 Å². The molecule has 148 valence electrons. The van der Waals surface area contributed by atoms with Gasteiger partial charge in [0.05, 0.1) is 6.04 Å². The molecule has 1 unspecified atom stereocenters. The number of methoxy groups -OCH3 is 1. The molecule has 2 amide bonds. The van der Waals surface area contributed by atoms with Crippen molar-refractivity contribution in [3.63, 3.8) is 0 Å². The van der Waals surface area contributed by atoms with Gasteiger partial charge in [-0.05, 0) is 54.0 Å². The fraction of sp³-hybridized carbons (Fsp3) is 0.429. The average molecular weight is 402 g/mol. The van der Waals surface area contributed by atoms with Gasteiger partial charge in [0.25, 0.3) is 0 Å². The first-order chi connectivity index (χ1) is 13.6. The number of hydrogen-bond acceptors (Lipinski definition) is 4. The highest BCUT2D eigenvalue weighted by Gasteiger charge is 2.38. The standard InChI is InChI=1S/C21H23FN2O3S/c1-27-13-20(26)24(16-6-7-16)12-19(25)23-10-8-18-17(9-11-28-18)21(23)14-2-4-15(22)5-3-14/h2-5,9,11,16,21H,6-8,10,12-13H2,1H3. The van der Waals surface area contributed by atoms with Crippen LogP contribution in [0.3, 0.4) is 0 Å². The van der Waals surface area contributed by atoms with Gasteiger partial charge in [-0.3, -0.25) is 9.59 Å². The number of ether oxygens (including phenoxy) is 1. The lowest BCUT2D eigenvalue weighted by Crippen LogP contribution is -2.48. The Kier molecular flexibility index (Phi) is 5.46. The third-order valence-electron chi connectivity index (χ3n) is 5.35. The molecule has 5 nitrogen and oxygen atoms in total. The van der Waals surface area contributed by atoms with Crippen LogP contribution >= 0.6 is 11.3 Å². The fourth-order valence-corrected chi connectivity index (χ4v) is 4.74. The molecule has 1 saturated carbocycles. The number of rotatable bonds is 6. The second-order valence-electron chi connectivity index (χ2n) is 7.28. The smallest absolute Gasteiger partial charge is 0.249 e. The van der Waals surface area contributed by atoms with Gasteiger partial charge in [-0.15, -0.1) is 11.3 Å². The van der Waals surface area contributed by atoms with Crippen LogP contribution in [0.5, 0.6) is 0 Å². The Morgan fingerprint density at radius 2 is 2.00 bits per heavy atom. The summed E-state index contributed by atoms with van der Waals surface area (Å²) in [5.41, 5.74) is 1.98. The molecule has 2 aromatic rings. The molecule has 1 aromatic carbocycles. The van der Waals surface area contributed by atoms with Crippen LogP contribution in [0.25, 0.3) is 0 Å². The summed E-state index contributed by atoms with van der Waals surface area (Å²) in [4.78, 5) is 30.4. The van der Waals surface area contributed by atoms with Crippen molar-refractivity contribution in [1.29, 1.82) is 0 Å². The summed E-state index contributed by atoms with van der Waals surface area (Å²) in [6, 6.07) is 8.26. The number of benzene rings is 1. The molecule has 28 heavy (non-hydrogen) atoms. The Morgan fingerprint density at radius 1 is 1.25 bits per heavy atom. The van der Waals surface area contributed by atoms with Crippen LogP contribution in [-0.2, 0) is 20.7 Å². The first-order valence-electron chi connectivity index (χ1n) is 9.48. The molecule has 1 aromatic heterocycles. The number of thiophene rings is 1. The van der Waals surface area contributed by atoms with E-state index in [-0.39, 0.29) is 42.9 Å². The van der Waals surface area contributed by atoms with Crippen molar-refractivity contribution >= 4 is 23.2 Å². The van der Waals surface area contributed by atoms with Crippen LogP contribution in [-0.4, -0.2) is 54.5 Å². The van der Waals surface area contributed by atoms with Gasteiger partial charge in [0.2, 0.25) is 11.8 Å². The SMILES string of the molecule is COCC(=O)N(CC(=O)N1CCc2sccc2C1c1ccc(F)cc1)C1CC1. The van der Waals surface area contributed by atoms with Crippen molar-refractivity contribution in [2.24, 2.45) is 0 Å². The van der Waals surface area contributed by atoms with Crippen molar-refractivity contribution in [3.05, 3.63) is 57.5 Å². The number of carbonyl (C=O) groups is 2. The molecular weight excluding hydrogens is 379 g/mol. The highest BCUT2D eigenvalue weighted by Crippen LogP contribution is 2.38. The summed E-state index contributed by atoms with van der Waals surface area (Å²) in [5, 5.41) is 2.04. The van der Waals surface area contributed by atoms with Gasteiger partial charge in [0.1, 0.15) is 19.0 Å². The van der Waals surface area contributed by atoms with Crippen LogP contribution in [0.2, 0.25) is 0 Å². The largest absolute Gasteiger partial charge is 0.375 e. The predicted octanol–water partition coefficient (Wildman–Crippen LogP) is 3.00. The number of hydrogen-bond donors (Lipinski definition) is 0. The molecule has 0 radical (unpaired) electrons. The second kappa shape index (κ2) is 8.01. The third-order valence-corrected chi connectivity index (χ3v) is 6.35. The number of halogens is 1. The first kappa shape index (κ1) is 19.1. The average Bonchev–Trinajstić information content (AvgIpc) is 3.42. The van der Waals surface area contributed by atoms with Crippen LogP contribution in [0, 0.1) is 5.82 Å². The number of nitrogens with zero attached hydrogens (tertiary/aromatic N) is 2. The minimum atomic E-state index is -0.298. The second-order valence-corrected chi connectivity index (χ2v) is 8.28. The number of fused-ring (bicyclic) bond motifs is 1. The van der Waals surface area contributed by atoms with E-state index in [1.54, 1.807) is 28.4 Å². The van der Waals surface area contributed by atoms with Gasteiger partial charge in [0.15, 0.2) is 0 Å². The van der Waals surface area contributed by atoms with Crippen molar-refractivity contribution in [2.75, 3.05) is 26.8 Å². The zero-order chi connectivity index (χ0) is 19.7. The Balaban J connectivity index is 1.60. The van der Waals surface area contributed by atoms with Crippen molar-refractivity contribution in [2.45, 2.75) is 31.3 Å². The van der Waals surface area contributed by atoms with E-state index in [9.17, 15) is 14.0 Å². The van der Waals surface area contributed by atoms with Crippen molar-refractivity contribution in [3.8, 4) is 0 Å². The quantitative estimate of drug-likeness (QED) is 0.746. The molecule has 1 atom stereocenters. The zero-order valence-corrected chi connectivity index (χ0v) is 16.6. The summed E-state index contributed by atoms with van der Waals surface area (Å²) >= 11 is 1.69. The minimum Gasteiger partial charge on any atom is -0.375 e. The van der Waals surface area contributed by atoms with E-state index < -0.39 is 0 Å². The summed E-state index contributed by atoms with van der Waals surface area (Å²) < 4.78 is 18.4. The molecule has 1 fully saturated rings. The van der Waals surface area contributed by atoms with E-state index in [0.717, 1.165) is 30.4 Å². The van der Waals surface area contributed by atoms with Crippen LogP contribution in [0.1, 0.15) is 34.9 Å². The molecule has 0 saturated heterocycles. The Labute approximate surface area is 167 Å². The summed E-state index contributed by atoms with van der Waals surface area (Å²) in [7, 11) is 1.48. The lowest BCUT2D eigenvalue weighted by Gasteiger charge is -2.37. The van der Waals surface area contributed by atoms with E-state index in [1.807, 2.05) is 16.3 Å². The lowest BCUT2D eigenvalue weighted by molar-refractivity contribution is -0.144. The van der Waals surface area contributed by atoms with Gasteiger partial charge in [-0.2, -0.15) is 0 Å². The van der Waals surface area contributed by atoms with Crippen molar-refractivity contribution < 1.29 is 18.7 Å². The predicted molar refractivity (Wildman–Crippen MR) is 105 cm³/mol. The highest BCUT2D eigenvalue weighted by molar-refractivity contribution is 7.10. The molecule has 1 aliphatic heterocycles. The van der Waals surface area contributed by atoms with Crippen LogP contribution < -0.4 is 0 Å².